The van der Waals surface area contributed by atoms with E-state index >= 15 is 0 Å². The molecule has 35 heavy (non-hydrogen) atoms. The van der Waals surface area contributed by atoms with Gasteiger partial charge in [0.15, 0.2) is 6.29 Å². The molecule has 0 spiro atoms. The monoisotopic (exact) mass is 496 g/mol. The Morgan fingerprint density at radius 3 is 1.71 bits per heavy atom. The van der Waals surface area contributed by atoms with Crippen molar-refractivity contribution in [2.45, 2.75) is 50.5 Å². The van der Waals surface area contributed by atoms with Crippen molar-refractivity contribution in [2.24, 2.45) is 0 Å². The van der Waals surface area contributed by atoms with E-state index in [-0.39, 0.29) is 6.61 Å². The van der Waals surface area contributed by atoms with Gasteiger partial charge in [-0.1, -0.05) is 91.0 Å². The molecule has 5 rings (SSSR count). The van der Waals surface area contributed by atoms with E-state index in [4.69, 9.17) is 27.3 Å². The molecule has 184 valence electrons. The molecule has 6 atom stereocenters. The molecule has 0 saturated carbocycles. The van der Waals surface area contributed by atoms with E-state index in [1.165, 1.54) is 0 Å². The summed E-state index contributed by atoms with van der Waals surface area (Å²) in [5, 5.41) is 0. The van der Waals surface area contributed by atoms with Crippen LogP contribution < -0.4 is 0 Å². The standard InChI is InChI=1S/C27H28O7S/c28-35-32-19-23-24(34-35)25(29-16-20-10-4-1-5-11-20)26(30-17-21-12-6-2-7-13-21)27(33-23)31-18-22-14-8-3-9-15-22/h1-15,23-27H,16-19H2/t23-,24-,25+,26-,27-,35?/m1/s1. The van der Waals surface area contributed by atoms with Crippen molar-refractivity contribution in [3.63, 3.8) is 0 Å². The van der Waals surface area contributed by atoms with Gasteiger partial charge in [-0.2, -0.15) is 4.21 Å². The molecule has 2 aliphatic rings. The van der Waals surface area contributed by atoms with Gasteiger partial charge in [0, 0.05) is 0 Å². The summed E-state index contributed by atoms with van der Waals surface area (Å²) in [7, 11) is 0. The highest BCUT2D eigenvalue weighted by atomic mass is 32.2. The lowest BCUT2D eigenvalue weighted by Crippen LogP contribution is -2.63. The molecule has 0 radical (unpaired) electrons. The summed E-state index contributed by atoms with van der Waals surface area (Å²) in [5.74, 6) is 0. The zero-order chi connectivity index (χ0) is 23.9. The molecule has 3 aromatic carbocycles. The fourth-order valence-electron chi connectivity index (χ4n) is 4.16. The van der Waals surface area contributed by atoms with Crippen LogP contribution in [0.1, 0.15) is 16.7 Å². The summed E-state index contributed by atoms with van der Waals surface area (Å²) >= 11 is -1.88. The highest BCUT2D eigenvalue weighted by Gasteiger charge is 2.51. The third-order valence-corrected chi connectivity index (χ3v) is 6.64. The molecule has 0 bridgehead atoms. The first-order valence-electron chi connectivity index (χ1n) is 11.6. The smallest absolute Gasteiger partial charge is 0.305 e. The molecule has 0 amide bonds. The Labute approximate surface area is 207 Å². The van der Waals surface area contributed by atoms with Crippen molar-refractivity contribution in [3.05, 3.63) is 108 Å². The van der Waals surface area contributed by atoms with Crippen LogP contribution in [0.15, 0.2) is 91.0 Å². The van der Waals surface area contributed by atoms with E-state index < -0.39 is 42.1 Å². The fourth-order valence-corrected chi connectivity index (χ4v) is 4.87. The van der Waals surface area contributed by atoms with Gasteiger partial charge in [0.1, 0.15) is 24.4 Å². The summed E-state index contributed by atoms with van der Waals surface area (Å²) in [5.41, 5.74) is 3.03. The summed E-state index contributed by atoms with van der Waals surface area (Å²) in [6, 6.07) is 29.6. The number of hydrogen-bond acceptors (Lipinski definition) is 7. The van der Waals surface area contributed by atoms with Crippen molar-refractivity contribution in [1.29, 1.82) is 0 Å². The lowest BCUT2D eigenvalue weighted by Gasteiger charge is -2.46. The maximum absolute atomic E-state index is 12.1. The first-order valence-corrected chi connectivity index (χ1v) is 12.6. The average Bonchev–Trinajstić information content (AvgIpc) is 2.91. The summed E-state index contributed by atoms with van der Waals surface area (Å²) in [6.45, 7) is 1.12. The molecule has 2 aliphatic heterocycles. The van der Waals surface area contributed by atoms with E-state index in [1.54, 1.807) is 0 Å². The Morgan fingerprint density at radius 2 is 1.17 bits per heavy atom. The second kappa shape index (κ2) is 12.0. The van der Waals surface area contributed by atoms with E-state index in [1.807, 2.05) is 91.0 Å². The molecule has 0 aromatic heterocycles. The number of hydrogen-bond donors (Lipinski definition) is 0. The predicted octanol–water partition coefficient (Wildman–Crippen LogP) is 4.09. The number of rotatable bonds is 9. The SMILES string of the molecule is O=S1OC[C@H]2O[C@@H](OCc3ccccc3)[C@H](OCc3ccccc3)[C@@H](OCc3ccccc3)[C@@H]2O1. The van der Waals surface area contributed by atoms with Crippen molar-refractivity contribution in [3.8, 4) is 0 Å². The van der Waals surface area contributed by atoms with Gasteiger partial charge in [-0.25, -0.2) is 0 Å². The first kappa shape index (κ1) is 24.3. The molecule has 2 heterocycles. The van der Waals surface area contributed by atoms with Gasteiger partial charge >= 0.3 is 11.4 Å². The Balaban J connectivity index is 1.38. The minimum atomic E-state index is -1.88. The van der Waals surface area contributed by atoms with Crippen LogP contribution in [-0.2, 0) is 58.5 Å². The third kappa shape index (κ3) is 6.42. The minimum absolute atomic E-state index is 0.110. The van der Waals surface area contributed by atoms with Crippen LogP contribution in [0.4, 0.5) is 0 Å². The quantitative estimate of drug-likeness (QED) is 0.442. The molecule has 3 aromatic rings. The van der Waals surface area contributed by atoms with Gasteiger partial charge in [-0.3, -0.25) is 8.37 Å². The molecule has 8 heteroatoms. The Bertz CT molecular complexity index is 1070. The molecule has 1 unspecified atom stereocenters. The van der Waals surface area contributed by atoms with E-state index in [2.05, 4.69) is 0 Å². The summed E-state index contributed by atoms with van der Waals surface area (Å²) < 4.78 is 48.1. The second-order valence-corrected chi connectivity index (χ2v) is 9.25. The van der Waals surface area contributed by atoms with Gasteiger partial charge < -0.3 is 18.9 Å². The van der Waals surface area contributed by atoms with Crippen LogP contribution in [0.2, 0.25) is 0 Å². The van der Waals surface area contributed by atoms with Crippen LogP contribution in [-0.4, -0.2) is 41.5 Å². The largest absolute Gasteiger partial charge is 0.368 e. The lowest BCUT2D eigenvalue weighted by molar-refractivity contribution is -0.322. The highest BCUT2D eigenvalue weighted by molar-refractivity contribution is 7.75. The molecular weight excluding hydrogens is 468 g/mol. The minimum Gasteiger partial charge on any atom is -0.368 e. The average molecular weight is 497 g/mol. The molecule has 7 nitrogen and oxygen atoms in total. The Hall–Kier alpha value is -2.43. The molecule has 2 saturated heterocycles. The zero-order valence-corrected chi connectivity index (χ0v) is 20.0. The molecule has 0 aliphatic carbocycles. The normalized spacial score (nSPS) is 28.3. The van der Waals surface area contributed by atoms with Crippen LogP contribution >= 0.6 is 0 Å². The fraction of sp³-hybridized carbons (Fsp3) is 0.333. The predicted molar refractivity (Wildman–Crippen MR) is 129 cm³/mol. The number of fused-ring (bicyclic) bond motifs is 1. The van der Waals surface area contributed by atoms with E-state index in [0.29, 0.717) is 19.8 Å². The first-order chi connectivity index (χ1) is 17.3. The maximum Gasteiger partial charge on any atom is 0.305 e. The lowest BCUT2D eigenvalue weighted by atomic mass is 9.98. The summed E-state index contributed by atoms with van der Waals surface area (Å²) in [4.78, 5) is 0. The van der Waals surface area contributed by atoms with Gasteiger partial charge in [0.2, 0.25) is 0 Å². The van der Waals surface area contributed by atoms with Gasteiger partial charge in [0.05, 0.1) is 26.4 Å². The highest BCUT2D eigenvalue weighted by Crippen LogP contribution is 2.33. The second-order valence-electron chi connectivity index (χ2n) is 8.41. The van der Waals surface area contributed by atoms with Gasteiger partial charge in [0.25, 0.3) is 0 Å². The molecule has 2 fully saturated rings. The third-order valence-electron chi connectivity index (χ3n) is 5.94. The van der Waals surface area contributed by atoms with Gasteiger partial charge in [-0.15, -0.1) is 0 Å². The van der Waals surface area contributed by atoms with Crippen molar-refractivity contribution in [2.75, 3.05) is 6.61 Å². The van der Waals surface area contributed by atoms with E-state index in [9.17, 15) is 4.21 Å². The Morgan fingerprint density at radius 1 is 0.686 bits per heavy atom. The maximum atomic E-state index is 12.1. The van der Waals surface area contributed by atoms with Crippen LogP contribution in [0.5, 0.6) is 0 Å². The topological polar surface area (TPSA) is 72.5 Å². The van der Waals surface area contributed by atoms with Crippen LogP contribution in [0, 0.1) is 0 Å². The van der Waals surface area contributed by atoms with Crippen molar-refractivity contribution in [1.82, 2.24) is 0 Å². The zero-order valence-electron chi connectivity index (χ0n) is 19.1. The van der Waals surface area contributed by atoms with E-state index in [0.717, 1.165) is 16.7 Å². The number of ether oxygens (including phenoxy) is 4. The molecular formula is C27H28O7S. The van der Waals surface area contributed by atoms with Gasteiger partial charge in [-0.05, 0) is 16.7 Å². The van der Waals surface area contributed by atoms with Crippen molar-refractivity contribution < 1.29 is 31.5 Å². The molecule has 0 N–H and O–H groups in total. The van der Waals surface area contributed by atoms with Crippen molar-refractivity contribution >= 4 is 11.4 Å². The van der Waals surface area contributed by atoms with Crippen LogP contribution in [0.3, 0.4) is 0 Å². The summed E-state index contributed by atoms with van der Waals surface area (Å²) in [6.07, 6.45) is -3.10. The Kier molecular flexibility index (Phi) is 8.33. The van der Waals surface area contributed by atoms with Crippen LogP contribution in [0.25, 0.3) is 0 Å². The number of benzene rings is 3.